The smallest absolute Gasteiger partial charge is 0.269 e. The number of likely N-dealkylation sites (tertiary alicyclic amines) is 1. The van der Waals surface area contributed by atoms with Crippen molar-refractivity contribution >= 4 is 17.4 Å². The highest BCUT2D eigenvalue weighted by Crippen LogP contribution is 2.41. The van der Waals surface area contributed by atoms with Crippen molar-refractivity contribution in [3.05, 3.63) is 112 Å². The molecule has 1 fully saturated rings. The number of carbonyl (C=O) groups excluding carboxylic acids is 1. The van der Waals surface area contributed by atoms with E-state index >= 15 is 0 Å². The number of amidine groups is 1. The molecule has 184 valence electrons. The summed E-state index contributed by atoms with van der Waals surface area (Å²) in [4.78, 5) is 34.0. The molecule has 7 heteroatoms. The normalized spacial score (nSPS) is 18.3. The van der Waals surface area contributed by atoms with Crippen LogP contribution in [0.1, 0.15) is 36.5 Å². The Morgan fingerprint density at radius 1 is 0.917 bits per heavy atom. The maximum absolute atomic E-state index is 14.2. The topological polar surface area (TPSA) is 79.0 Å². The van der Waals surface area contributed by atoms with Gasteiger partial charge < -0.3 is 4.90 Å². The molecule has 0 spiro atoms. The van der Waals surface area contributed by atoms with Gasteiger partial charge in [0.2, 0.25) is 0 Å². The summed E-state index contributed by atoms with van der Waals surface area (Å²) in [5.74, 6) is 0.804. The van der Waals surface area contributed by atoms with E-state index in [0.29, 0.717) is 0 Å². The van der Waals surface area contributed by atoms with Crippen LogP contribution in [0.4, 0.5) is 5.69 Å². The van der Waals surface area contributed by atoms with Gasteiger partial charge in [-0.2, -0.15) is 0 Å². The number of aliphatic imine (C=N–C) groups is 1. The summed E-state index contributed by atoms with van der Waals surface area (Å²) in [5, 5.41) is 10.9. The number of nitro benzene ring substituents is 1. The molecule has 0 atom stereocenters. The maximum atomic E-state index is 14.2. The molecule has 0 aliphatic carbocycles. The number of carbonyl (C=O) groups is 1. The molecule has 0 unspecified atom stereocenters. The number of hydrogen-bond donors (Lipinski definition) is 0. The molecule has 7 nitrogen and oxygen atoms in total. The Hall–Kier alpha value is -3.84. The van der Waals surface area contributed by atoms with Gasteiger partial charge in [0.25, 0.3) is 11.6 Å². The quantitative estimate of drug-likeness (QED) is 0.358. The van der Waals surface area contributed by atoms with E-state index in [1.165, 1.54) is 0 Å². The molecule has 1 saturated heterocycles. The van der Waals surface area contributed by atoms with E-state index in [9.17, 15) is 14.9 Å². The van der Waals surface area contributed by atoms with E-state index in [4.69, 9.17) is 4.99 Å². The van der Waals surface area contributed by atoms with Crippen molar-refractivity contribution in [1.82, 2.24) is 9.80 Å². The number of piperidine rings is 1. The molecule has 0 N–H and O–H groups in total. The van der Waals surface area contributed by atoms with Crippen LogP contribution in [0.3, 0.4) is 0 Å². The fourth-order valence-electron chi connectivity index (χ4n) is 5.47. The highest BCUT2D eigenvalue weighted by Gasteiger charge is 2.51. The number of rotatable bonds is 7. The van der Waals surface area contributed by atoms with Gasteiger partial charge >= 0.3 is 0 Å². The van der Waals surface area contributed by atoms with Crippen molar-refractivity contribution in [3.8, 4) is 0 Å². The maximum Gasteiger partial charge on any atom is 0.269 e. The third-order valence-electron chi connectivity index (χ3n) is 7.38. The molecule has 3 aromatic rings. The first-order chi connectivity index (χ1) is 17.5. The molecule has 2 aliphatic heterocycles. The van der Waals surface area contributed by atoms with Crippen LogP contribution < -0.4 is 0 Å². The van der Waals surface area contributed by atoms with E-state index in [2.05, 4.69) is 4.90 Å². The zero-order valence-corrected chi connectivity index (χ0v) is 20.4. The highest BCUT2D eigenvalue weighted by atomic mass is 16.6. The number of nitro groups is 1. The molecule has 1 amide bonds. The monoisotopic (exact) mass is 482 g/mol. The van der Waals surface area contributed by atoms with Gasteiger partial charge in [0.05, 0.1) is 4.92 Å². The Morgan fingerprint density at radius 3 is 2.00 bits per heavy atom. The minimum Gasteiger partial charge on any atom is -0.303 e. The number of non-ortho nitro benzene ring substituents is 1. The molecule has 36 heavy (non-hydrogen) atoms. The molecule has 5 rings (SSSR count). The summed E-state index contributed by atoms with van der Waals surface area (Å²) in [6.45, 7) is 4.65. The molecule has 0 aromatic heterocycles. The molecular formula is C29H30N4O3. The highest BCUT2D eigenvalue weighted by molar-refractivity contribution is 6.10. The van der Waals surface area contributed by atoms with Gasteiger partial charge in [-0.05, 0) is 42.9 Å². The Labute approximate surface area is 211 Å². The lowest BCUT2D eigenvalue weighted by atomic mass is 9.82. The van der Waals surface area contributed by atoms with Gasteiger partial charge in [-0.15, -0.1) is 0 Å². The largest absolute Gasteiger partial charge is 0.303 e. The van der Waals surface area contributed by atoms with Crippen LogP contribution in [0.2, 0.25) is 0 Å². The molecule has 2 heterocycles. The number of nitrogens with zero attached hydrogens (tertiary/aromatic N) is 4. The van der Waals surface area contributed by atoms with E-state index in [0.717, 1.165) is 61.4 Å². The standard InChI is InChI=1S/C29H30N4O3/c1-22-30-29(24-8-4-2-5-9-24,25-10-6-3-7-11-25)28(34)32(22)26-17-20-31(21-18-26)19-16-23-12-14-27(15-13-23)33(35)36/h2-15,26H,16-21H2,1H3. The van der Waals surface area contributed by atoms with Gasteiger partial charge in [-0.25, -0.2) is 4.99 Å². The van der Waals surface area contributed by atoms with Crippen molar-refractivity contribution in [2.45, 2.75) is 37.8 Å². The summed E-state index contributed by atoms with van der Waals surface area (Å²) >= 11 is 0. The predicted molar refractivity (Wildman–Crippen MR) is 140 cm³/mol. The van der Waals surface area contributed by atoms with Gasteiger partial charge in [0.15, 0.2) is 5.54 Å². The van der Waals surface area contributed by atoms with Crippen molar-refractivity contribution in [1.29, 1.82) is 0 Å². The Bertz CT molecular complexity index is 1210. The first-order valence-electron chi connectivity index (χ1n) is 12.5. The summed E-state index contributed by atoms with van der Waals surface area (Å²) in [6.07, 6.45) is 2.62. The molecule has 0 radical (unpaired) electrons. The Kier molecular flexibility index (Phi) is 6.65. The second-order valence-corrected chi connectivity index (χ2v) is 9.52. The fourth-order valence-corrected chi connectivity index (χ4v) is 5.47. The molecule has 3 aromatic carbocycles. The van der Waals surface area contributed by atoms with Crippen LogP contribution >= 0.6 is 0 Å². The van der Waals surface area contributed by atoms with Crippen LogP contribution in [-0.2, 0) is 16.8 Å². The summed E-state index contributed by atoms with van der Waals surface area (Å²) < 4.78 is 0. The summed E-state index contributed by atoms with van der Waals surface area (Å²) in [7, 11) is 0. The summed E-state index contributed by atoms with van der Waals surface area (Å²) in [6, 6.07) is 26.7. The molecule has 0 saturated carbocycles. The van der Waals surface area contributed by atoms with Crippen LogP contribution in [0, 0.1) is 10.1 Å². The van der Waals surface area contributed by atoms with Crippen LogP contribution in [0.5, 0.6) is 0 Å². The second kappa shape index (κ2) is 10.0. The van der Waals surface area contributed by atoms with Gasteiger partial charge in [-0.3, -0.25) is 19.8 Å². The van der Waals surface area contributed by atoms with Crippen molar-refractivity contribution in [2.75, 3.05) is 19.6 Å². The minimum absolute atomic E-state index is 0.0294. The Balaban J connectivity index is 1.28. The SMILES string of the molecule is CC1=NC(c2ccccc2)(c2ccccc2)C(=O)N1C1CCN(CCc2ccc([N+](=O)[O-])cc2)CC1. The molecular weight excluding hydrogens is 452 g/mol. The lowest BCUT2D eigenvalue weighted by Gasteiger charge is -2.38. The van der Waals surface area contributed by atoms with Crippen molar-refractivity contribution in [3.63, 3.8) is 0 Å². The average molecular weight is 483 g/mol. The van der Waals surface area contributed by atoms with Gasteiger partial charge in [0, 0.05) is 37.8 Å². The molecule has 0 bridgehead atoms. The van der Waals surface area contributed by atoms with E-state index in [1.54, 1.807) is 12.1 Å². The zero-order chi connectivity index (χ0) is 25.1. The van der Waals surface area contributed by atoms with Gasteiger partial charge in [-0.1, -0.05) is 72.8 Å². The number of benzene rings is 3. The number of amides is 1. The van der Waals surface area contributed by atoms with Crippen molar-refractivity contribution in [2.24, 2.45) is 4.99 Å². The minimum atomic E-state index is -1.04. The van der Waals surface area contributed by atoms with Crippen molar-refractivity contribution < 1.29 is 9.72 Å². The fraction of sp³-hybridized carbons (Fsp3) is 0.310. The predicted octanol–water partition coefficient (Wildman–Crippen LogP) is 4.81. The third-order valence-corrected chi connectivity index (χ3v) is 7.38. The van der Waals surface area contributed by atoms with E-state index in [1.807, 2.05) is 84.6 Å². The lowest BCUT2D eigenvalue weighted by molar-refractivity contribution is -0.384. The summed E-state index contributed by atoms with van der Waals surface area (Å²) in [5.41, 5.74) is 1.96. The zero-order valence-electron chi connectivity index (χ0n) is 20.4. The van der Waals surface area contributed by atoms with Crippen LogP contribution in [0.15, 0.2) is 89.9 Å². The van der Waals surface area contributed by atoms with Gasteiger partial charge in [0.1, 0.15) is 5.84 Å². The second-order valence-electron chi connectivity index (χ2n) is 9.52. The first kappa shape index (κ1) is 23.9. The van der Waals surface area contributed by atoms with E-state index < -0.39 is 5.54 Å². The number of hydrogen-bond acceptors (Lipinski definition) is 5. The van der Waals surface area contributed by atoms with E-state index in [-0.39, 0.29) is 22.6 Å². The average Bonchev–Trinajstić information content (AvgIpc) is 3.19. The Morgan fingerprint density at radius 2 is 1.47 bits per heavy atom. The van der Waals surface area contributed by atoms with Crippen LogP contribution in [-0.4, -0.2) is 52.1 Å². The molecule has 2 aliphatic rings. The first-order valence-corrected chi connectivity index (χ1v) is 12.5. The van der Waals surface area contributed by atoms with Crippen LogP contribution in [0.25, 0.3) is 0 Å². The lowest BCUT2D eigenvalue weighted by Crippen LogP contribution is -2.50. The third kappa shape index (κ3) is 4.42.